The van der Waals surface area contributed by atoms with E-state index in [-0.39, 0.29) is 11.8 Å². The monoisotopic (exact) mass is 265 g/mol. The van der Waals surface area contributed by atoms with Crippen LogP contribution in [0.5, 0.6) is 0 Å². The van der Waals surface area contributed by atoms with Crippen LogP contribution in [-0.4, -0.2) is 11.8 Å². The first-order chi connectivity index (χ1) is 9.75. The molecule has 2 aromatic rings. The first-order valence-corrected chi connectivity index (χ1v) is 6.77. The average molecular weight is 265 g/mol. The molecule has 0 atom stereocenters. The van der Waals surface area contributed by atoms with E-state index in [0.29, 0.717) is 24.9 Å². The maximum atomic E-state index is 12.0. The maximum absolute atomic E-state index is 12.0. The molecule has 1 saturated heterocycles. The van der Waals surface area contributed by atoms with Crippen LogP contribution in [0.25, 0.3) is 11.1 Å². The van der Waals surface area contributed by atoms with Crippen LogP contribution >= 0.6 is 0 Å². The number of nitrogens with zero attached hydrogens (tertiary/aromatic N) is 1. The predicted molar refractivity (Wildman–Crippen MR) is 78.2 cm³/mol. The summed E-state index contributed by atoms with van der Waals surface area (Å²) in [6.45, 7) is 0. The van der Waals surface area contributed by atoms with Gasteiger partial charge < -0.3 is 0 Å². The van der Waals surface area contributed by atoms with Gasteiger partial charge in [-0.1, -0.05) is 42.5 Å². The van der Waals surface area contributed by atoms with Crippen LogP contribution in [0.2, 0.25) is 0 Å². The highest BCUT2D eigenvalue weighted by molar-refractivity contribution is 6.16. The number of carbonyl (C=O) groups is 2. The standard InChI is InChI=1S/C17H15NO2/c19-16-10-5-11-17(20)18(16)15-9-4-8-14(12-15)13-6-2-1-3-7-13/h1-4,6-9,12H,5,10-11H2. The van der Waals surface area contributed by atoms with E-state index in [0.717, 1.165) is 11.1 Å². The molecule has 0 unspecified atom stereocenters. The highest BCUT2D eigenvalue weighted by atomic mass is 16.2. The molecule has 20 heavy (non-hydrogen) atoms. The fraction of sp³-hybridized carbons (Fsp3) is 0.176. The molecule has 2 aromatic carbocycles. The number of imide groups is 1. The first-order valence-electron chi connectivity index (χ1n) is 6.77. The van der Waals surface area contributed by atoms with Crippen LogP contribution in [0.4, 0.5) is 5.69 Å². The van der Waals surface area contributed by atoms with Gasteiger partial charge in [0.05, 0.1) is 5.69 Å². The zero-order valence-electron chi connectivity index (χ0n) is 11.1. The molecular weight excluding hydrogens is 250 g/mol. The van der Waals surface area contributed by atoms with Crippen LogP contribution in [0.1, 0.15) is 19.3 Å². The minimum Gasteiger partial charge on any atom is -0.274 e. The summed E-state index contributed by atoms with van der Waals surface area (Å²) in [6, 6.07) is 17.5. The van der Waals surface area contributed by atoms with Crippen molar-refractivity contribution >= 4 is 17.5 Å². The molecule has 2 amide bonds. The molecule has 0 bridgehead atoms. The SMILES string of the molecule is O=C1CCCC(=O)N1c1cccc(-c2ccccc2)c1. The fourth-order valence-corrected chi connectivity index (χ4v) is 2.50. The van der Waals surface area contributed by atoms with Crippen molar-refractivity contribution in [3.05, 3.63) is 54.6 Å². The molecule has 0 radical (unpaired) electrons. The molecule has 0 aromatic heterocycles. The van der Waals surface area contributed by atoms with Crippen molar-refractivity contribution in [1.29, 1.82) is 0 Å². The second-order valence-corrected chi connectivity index (χ2v) is 4.89. The fourth-order valence-electron chi connectivity index (χ4n) is 2.50. The van der Waals surface area contributed by atoms with E-state index in [1.165, 1.54) is 4.90 Å². The second kappa shape index (κ2) is 5.29. The van der Waals surface area contributed by atoms with E-state index in [4.69, 9.17) is 0 Å². The van der Waals surface area contributed by atoms with Gasteiger partial charge in [-0.15, -0.1) is 0 Å². The smallest absolute Gasteiger partial charge is 0.233 e. The Hall–Kier alpha value is -2.42. The molecule has 100 valence electrons. The van der Waals surface area contributed by atoms with Crippen molar-refractivity contribution in [2.45, 2.75) is 19.3 Å². The molecule has 3 rings (SSSR count). The van der Waals surface area contributed by atoms with Gasteiger partial charge in [0.2, 0.25) is 11.8 Å². The van der Waals surface area contributed by atoms with Crippen LogP contribution < -0.4 is 4.90 Å². The maximum Gasteiger partial charge on any atom is 0.233 e. The summed E-state index contributed by atoms with van der Waals surface area (Å²) in [4.78, 5) is 25.2. The highest BCUT2D eigenvalue weighted by Gasteiger charge is 2.27. The Bertz CT molecular complexity index is 633. The molecule has 1 aliphatic heterocycles. The van der Waals surface area contributed by atoms with E-state index in [9.17, 15) is 9.59 Å². The van der Waals surface area contributed by atoms with E-state index >= 15 is 0 Å². The van der Waals surface area contributed by atoms with Crippen molar-refractivity contribution in [3.63, 3.8) is 0 Å². The lowest BCUT2D eigenvalue weighted by Gasteiger charge is -2.25. The summed E-state index contributed by atoms with van der Waals surface area (Å²) in [7, 11) is 0. The molecule has 1 heterocycles. The van der Waals surface area contributed by atoms with E-state index in [1.54, 1.807) is 0 Å². The molecule has 0 saturated carbocycles. The molecule has 3 heteroatoms. The first kappa shape index (κ1) is 12.6. The number of anilines is 1. The number of amides is 2. The van der Waals surface area contributed by atoms with Crippen LogP contribution in [0.3, 0.4) is 0 Å². The normalized spacial score (nSPS) is 15.5. The van der Waals surface area contributed by atoms with Crippen molar-refractivity contribution in [2.24, 2.45) is 0 Å². The third-order valence-corrected chi connectivity index (χ3v) is 3.49. The van der Waals surface area contributed by atoms with E-state index in [1.807, 2.05) is 54.6 Å². The molecule has 0 aliphatic carbocycles. The van der Waals surface area contributed by atoms with Gasteiger partial charge in [-0.3, -0.25) is 14.5 Å². The zero-order valence-corrected chi connectivity index (χ0v) is 11.1. The van der Waals surface area contributed by atoms with Crippen LogP contribution in [0, 0.1) is 0 Å². The number of piperidine rings is 1. The minimum absolute atomic E-state index is 0.105. The lowest BCUT2D eigenvalue weighted by atomic mass is 10.0. The number of hydrogen-bond donors (Lipinski definition) is 0. The van der Waals surface area contributed by atoms with Crippen LogP contribution in [-0.2, 0) is 9.59 Å². The summed E-state index contributed by atoms with van der Waals surface area (Å²) < 4.78 is 0. The Morgan fingerprint density at radius 3 is 2.10 bits per heavy atom. The van der Waals surface area contributed by atoms with E-state index in [2.05, 4.69) is 0 Å². The molecule has 0 N–H and O–H groups in total. The van der Waals surface area contributed by atoms with Crippen molar-refractivity contribution in [3.8, 4) is 11.1 Å². The summed E-state index contributed by atoms with van der Waals surface area (Å²) in [6.07, 6.45) is 1.55. The number of carbonyl (C=O) groups excluding carboxylic acids is 2. The third-order valence-electron chi connectivity index (χ3n) is 3.49. The van der Waals surface area contributed by atoms with Gasteiger partial charge in [-0.2, -0.15) is 0 Å². The Morgan fingerprint density at radius 1 is 0.750 bits per heavy atom. The molecule has 1 fully saturated rings. The Labute approximate surface area is 117 Å². The van der Waals surface area contributed by atoms with Crippen molar-refractivity contribution in [2.75, 3.05) is 4.90 Å². The van der Waals surface area contributed by atoms with Crippen molar-refractivity contribution in [1.82, 2.24) is 0 Å². The number of hydrogen-bond acceptors (Lipinski definition) is 2. The van der Waals surface area contributed by atoms with Gasteiger partial charge in [-0.05, 0) is 29.7 Å². The predicted octanol–water partition coefficient (Wildman–Crippen LogP) is 3.40. The summed E-state index contributed by atoms with van der Waals surface area (Å²) in [5, 5.41) is 0. The minimum atomic E-state index is -0.105. The Morgan fingerprint density at radius 2 is 1.40 bits per heavy atom. The topological polar surface area (TPSA) is 37.4 Å². The lowest BCUT2D eigenvalue weighted by molar-refractivity contribution is -0.129. The van der Waals surface area contributed by atoms with Crippen LogP contribution in [0.15, 0.2) is 54.6 Å². The van der Waals surface area contributed by atoms with Gasteiger partial charge in [0.15, 0.2) is 0 Å². The third kappa shape index (κ3) is 2.35. The summed E-state index contributed by atoms with van der Waals surface area (Å²) >= 11 is 0. The van der Waals surface area contributed by atoms with Gasteiger partial charge in [0, 0.05) is 12.8 Å². The van der Waals surface area contributed by atoms with Gasteiger partial charge in [-0.25, -0.2) is 0 Å². The second-order valence-electron chi connectivity index (χ2n) is 4.89. The van der Waals surface area contributed by atoms with Gasteiger partial charge in [0.25, 0.3) is 0 Å². The Balaban J connectivity index is 1.99. The summed E-state index contributed by atoms with van der Waals surface area (Å²) in [5.74, 6) is -0.210. The Kier molecular flexibility index (Phi) is 3.33. The zero-order chi connectivity index (χ0) is 13.9. The highest BCUT2D eigenvalue weighted by Crippen LogP contribution is 2.27. The number of rotatable bonds is 2. The largest absolute Gasteiger partial charge is 0.274 e. The molecule has 1 aliphatic rings. The number of benzene rings is 2. The van der Waals surface area contributed by atoms with Gasteiger partial charge >= 0.3 is 0 Å². The molecule has 0 spiro atoms. The summed E-state index contributed by atoms with van der Waals surface area (Å²) in [5.41, 5.74) is 2.75. The quantitative estimate of drug-likeness (QED) is 0.780. The van der Waals surface area contributed by atoms with Crippen molar-refractivity contribution < 1.29 is 9.59 Å². The molecular formula is C17H15NO2. The van der Waals surface area contributed by atoms with Gasteiger partial charge in [0.1, 0.15) is 0 Å². The molecule has 3 nitrogen and oxygen atoms in total. The average Bonchev–Trinajstić information content (AvgIpc) is 2.48. The lowest BCUT2D eigenvalue weighted by Crippen LogP contribution is -2.40. The van der Waals surface area contributed by atoms with E-state index < -0.39 is 0 Å².